The lowest BCUT2D eigenvalue weighted by molar-refractivity contribution is -0.146. The third-order valence-electron chi connectivity index (χ3n) is 2.87. The number of esters is 2. The van der Waals surface area contributed by atoms with Gasteiger partial charge >= 0.3 is 11.9 Å². The van der Waals surface area contributed by atoms with Crippen LogP contribution in [0.15, 0.2) is 15.0 Å². The van der Waals surface area contributed by atoms with Gasteiger partial charge < -0.3 is 9.47 Å². The van der Waals surface area contributed by atoms with Crippen LogP contribution in [-0.4, -0.2) is 30.5 Å². The van der Waals surface area contributed by atoms with Crippen LogP contribution in [0.2, 0.25) is 0 Å². The van der Waals surface area contributed by atoms with Gasteiger partial charge in [-0.15, -0.1) is 0 Å². The Balaban J connectivity index is 3.15. The van der Waals surface area contributed by atoms with Gasteiger partial charge in [0.25, 0.3) is 0 Å². The first kappa shape index (κ1) is 18.9. The monoisotopic (exact) mass is 381 g/mol. The van der Waals surface area contributed by atoms with E-state index < -0.39 is 36.3 Å². The summed E-state index contributed by atoms with van der Waals surface area (Å²) in [7, 11) is 0. The van der Waals surface area contributed by atoms with Crippen LogP contribution in [0.3, 0.4) is 0 Å². The normalized spacial score (nSPS) is 17.7. The van der Waals surface area contributed by atoms with Crippen LogP contribution in [0.1, 0.15) is 33.6 Å². The fourth-order valence-electron chi connectivity index (χ4n) is 2.03. The Morgan fingerprint density at radius 3 is 2.35 bits per heavy atom. The maximum absolute atomic E-state index is 11.7. The number of dihydropyridines is 1. The van der Waals surface area contributed by atoms with E-state index in [1.165, 1.54) is 0 Å². The first-order chi connectivity index (χ1) is 10.7. The molecule has 0 spiro atoms. The smallest absolute Gasteiger partial charge is 0.326 e. The number of carbonyl (C=O) groups is 2. The van der Waals surface area contributed by atoms with Gasteiger partial charge in [0.1, 0.15) is 12.8 Å². The third-order valence-corrected chi connectivity index (χ3v) is 3.55. The molecule has 1 heterocycles. The number of nitrogens with zero attached hydrogens (tertiary/aromatic N) is 3. The van der Waals surface area contributed by atoms with Crippen molar-refractivity contribution in [3.05, 3.63) is 10.1 Å². The van der Waals surface area contributed by atoms with Gasteiger partial charge in [0.15, 0.2) is 6.10 Å². The molecule has 0 bridgehead atoms. The number of aliphatic imine (C=N–C) groups is 1. The van der Waals surface area contributed by atoms with Gasteiger partial charge in [-0.1, -0.05) is 36.7 Å². The summed E-state index contributed by atoms with van der Waals surface area (Å²) in [6.45, 7) is 5.96. The summed E-state index contributed by atoms with van der Waals surface area (Å²) < 4.78 is 11.1. The molecule has 0 N–H and O–H groups in total. The molecular formula is C15H16BrN3O4. The van der Waals surface area contributed by atoms with E-state index >= 15 is 0 Å². The average molecular weight is 382 g/mol. The zero-order valence-corrected chi connectivity index (χ0v) is 14.6. The van der Waals surface area contributed by atoms with Crippen LogP contribution in [0.25, 0.3) is 0 Å². The highest BCUT2D eigenvalue weighted by Gasteiger charge is 2.38. The number of ether oxygens (including phenoxy) is 2. The van der Waals surface area contributed by atoms with E-state index in [9.17, 15) is 9.59 Å². The van der Waals surface area contributed by atoms with Crippen molar-refractivity contribution in [2.75, 3.05) is 6.54 Å². The SMILES string of the molecule is CC(C)(C)C1=C(Br)CN=C(OC(=O)CC#N)C1OC(=O)CC#N. The van der Waals surface area contributed by atoms with Crippen molar-refractivity contribution in [3.8, 4) is 12.1 Å². The molecule has 0 amide bonds. The Morgan fingerprint density at radius 1 is 1.26 bits per heavy atom. The Labute approximate surface area is 142 Å². The van der Waals surface area contributed by atoms with Gasteiger partial charge in [0, 0.05) is 4.48 Å². The van der Waals surface area contributed by atoms with Crippen LogP contribution in [0.4, 0.5) is 0 Å². The Hall–Kier alpha value is -2.19. The molecule has 0 aromatic carbocycles. The van der Waals surface area contributed by atoms with Crippen molar-refractivity contribution in [3.63, 3.8) is 0 Å². The third kappa shape index (κ3) is 5.19. The van der Waals surface area contributed by atoms with Gasteiger partial charge in [-0.25, -0.2) is 4.99 Å². The van der Waals surface area contributed by atoms with Gasteiger partial charge in [0.05, 0.1) is 18.7 Å². The first-order valence-electron chi connectivity index (χ1n) is 6.78. The van der Waals surface area contributed by atoms with Crippen LogP contribution in [-0.2, 0) is 19.1 Å². The highest BCUT2D eigenvalue weighted by Crippen LogP contribution is 2.37. The topological polar surface area (TPSA) is 113 Å². The average Bonchev–Trinajstić information content (AvgIpc) is 2.41. The summed E-state index contributed by atoms with van der Waals surface area (Å²) in [6, 6.07) is 3.39. The van der Waals surface area contributed by atoms with E-state index in [1.54, 1.807) is 12.1 Å². The molecule has 7 nitrogen and oxygen atoms in total. The molecule has 0 saturated carbocycles. The van der Waals surface area contributed by atoms with Crippen molar-refractivity contribution < 1.29 is 19.1 Å². The highest BCUT2D eigenvalue weighted by molar-refractivity contribution is 9.11. The molecule has 8 heteroatoms. The van der Waals surface area contributed by atoms with Crippen molar-refractivity contribution in [2.24, 2.45) is 10.4 Å². The number of carbonyl (C=O) groups excluding carboxylic acids is 2. The molecular weight excluding hydrogens is 366 g/mol. The zero-order chi connectivity index (χ0) is 17.6. The molecule has 0 saturated heterocycles. The molecule has 1 aliphatic heterocycles. The van der Waals surface area contributed by atoms with Crippen LogP contribution >= 0.6 is 15.9 Å². The summed E-state index contributed by atoms with van der Waals surface area (Å²) in [6.07, 6.45) is -1.87. The Kier molecular flexibility index (Phi) is 6.47. The number of halogens is 1. The molecule has 122 valence electrons. The standard InChI is InChI=1S/C15H16BrN3O4/c1-15(2,3)12-9(16)8-19-14(23-11(21)5-7-18)13(12)22-10(20)4-6-17/h13H,4-5,8H2,1-3H3. The van der Waals surface area contributed by atoms with E-state index in [-0.39, 0.29) is 12.4 Å². The minimum atomic E-state index is -1.01. The molecule has 23 heavy (non-hydrogen) atoms. The summed E-state index contributed by atoms with van der Waals surface area (Å²) in [5, 5.41) is 17.1. The molecule has 0 aromatic heterocycles. The van der Waals surface area contributed by atoms with E-state index in [1.807, 2.05) is 20.8 Å². The fraction of sp³-hybridized carbons (Fsp3) is 0.533. The lowest BCUT2D eigenvalue weighted by Gasteiger charge is -2.33. The van der Waals surface area contributed by atoms with E-state index in [0.717, 1.165) is 4.48 Å². The molecule has 1 unspecified atom stereocenters. The van der Waals surface area contributed by atoms with E-state index in [4.69, 9.17) is 20.0 Å². The minimum Gasteiger partial charge on any atom is -0.447 e. The lowest BCUT2D eigenvalue weighted by atomic mass is 9.81. The molecule has 0 aliphatic carbocycles. The lowest BCUT2D eigenvalue weighted by Crippen LogP contribution is -2.39. The van der Waals surface area contributed by atoms with Crippen molar-refractivity contribution in [1.82, 2.24) is 0 Å². The number of rotatable bonds is 3. The van der Waals surface area contributed by atoms with Crippen LogP contribution in [0.5, 0.6) is 0 Å². The van der Waals surface area contributed by atoms with Crippen LogP contribution in [0, 0.1) is 28.1 Å². The summed E-state index contributed by atoms with van der Waals surface area (Å²) in [5.41, 5.74) is 0.290. The Morgan fingerprint density at radius 2 is 1.83 bits per heavy atom. The van der Waals surface area contributed by atoms with Crippen LogP contribution < -0.4 is 0 Å². The van der Waals surface area contributed by atoms with Gasteiger partial charge in [-0.05, 0) is 11.0 Å². The first-order valence-corrected chi connectivity index (χ1v) is 7.57. The second-order valence-corrected chi connectivity index (χ2v) is 6.69. The summed E-state index contributed by atoms with van der Waals surface area (Å²) >= 11 is 3.41. The number of hydrogen-bond acceptors (Lipinski definition) is 7. The molecule has 1 atom stereocenters. The minimum absolute atomic E-state index is 0.0790. The largest absolute Gasteiger partial charge is 0.447 e. The summed E-state index contributed by atoms with van der Waals surface area (Å²) in [4.78, 5) is 27.4. The van der Waals surface area contributed by atoms with E-state index in [2.05, 4.69) is 20.9 Å². The second kappa shape index (κ2) is 7.89. The molecule has 0 radical (unpaired) electrons. The maximum Gasteiger partial charge on any atom is 0.326 e. The molecule has 0 aromatic rings. The summed E-state index contributed by atoms with van der Waals surface area (Å²) in [5.74, 6) is -1.60. The van der Waals surface area contributed by atoms with Crippen molar-refractivity contribution >= 4 is 33.8 Å². The molecule has 0 fully saturated rings. The number of hydrogen-bond donors (Lipinski definition) is 0. The number of nitriles is 2. The highest BCUT2D eigenvalue weighted by atomic mass is 79.9. The quantitative estimate of drug-likeness (QED) is 0.693. The van der Waals surface area contributed by atoms with Gasteiger partial charge in [0.2, 0.25) is 5.90 Å². The second-order valence-electron chi connectivity index (χ2n) is 5.74. The zero-order valence-electron chi connectivity index (χ0n) is 13.1. The van der Waals surface area contributed by atoms with Crippen molar-refractivity contribution in [1.29, 1.82) is 10.5 Å². The predicted octanol–water partition coefficient (Wildman–Crippen LogP) is 2.38. The van der Waals surface area contributed by atoms with Crippen molar-refractivity contribution in [2.45, 2.75) is 39.7 Å². The van der Waals surface area contributed by atoms with Gasteiger partial charge in [-0.3, -0.25) is 9.59 Å². The Bertz CT molecular complexity index is 647. The molecule has 1 rings (SSSR count). The fourth-order valence-corrected chi connectivity index (χ4v) is 2.96. The van der Waals surface area contributed by atoms with Gasteiger partial charge in [-0.2, -0.15) is 10.5 Å². The van der Waals surface area contributed by atoms with E-state index in [0.29, 0.717) is 5.57 Å². The molecule has 1 aliphatic rings. The predicted molar refractivity (Wildman–Crippen MR) is 84.1 cm³/mol. The maximum atomic E-state index is 11.7.